The number of carbonyl (C=O) groups is 1. The van der Waals surface area contributed by atoms with Crippen molar-refractivity contribution < 1.29 is 50.5 Å². The molecule has 0 saturated heterocycles. The monoisotopic (exact) mass is 277 g/mol. The van der Waals surface area contributed by atoms with Crippen molar-refractivity contribution in [3.05, 3.63) is 23.1 Å². The molecule has 0 spiro atoms. The Hall–Kier alpha value is -0.790. The molecule has 0 aliphatic heterocycles. The Morgan fingerprint density at radius 2 is 1.89 bits per heavy atom. The Morgan fingerprint density at radius 1 is 1.28 bits per heavy atom. The van der Waals surface area contributed by atoms with Crippen molar-refractivity contribution in [1.82, 2.24) is 5.48 Å². The molecule has 0 radical (unpaired) electrons. The van der Waals surface area contributed by atoms with Crippen LogP contribution in [0, 0.1) is 0 Å². The van der Waals surface area contributed by atoms with Gasteiger partial charge in [-0.25, -0.2) is 5.48 Å². The van der Waals surface area contributed by atoms with E-state index in [1.54, 1.807) is 37.9 Å². The first-order chi connectivity index (χ1) is 8.19. The Morgan fingerprint density at radius 3 is 2.44 bits per heavy atom. The summed E-state index contributed by atoms with van der Waals surface area (Å²) in [6.45, 7) is 0. The predicted octanol–water partition coefficient (Wildman–Crippen LogP) is -0.846. The van der Waals surface area contributed by atoms with E-state index in [2.05, 4.69) is 0 Å². The quantitative estimate of drug-likeness (QED) is 0.436. The maximum absolute atomic E-state index is 11.3. The Kier molecular flexibility index (Phi) is 5.43. The molecule has 0 atom stereocenters. The molecular formula is C11H12NNaO4S. The van der Waals surface area contributed by atoms with Crippen molar-refractivity contribution in [1.29, 1.82) is 0 Å². The minimum absolute atomic E-state index is 0. The van der Waals surface area contributed by atoms with Gasteiger partial charge in [-0.1, -0.05) is 0 Å². The van der Waals surface area contributed by atoms with Gasteiger partial charge in [-0.15, -0.1) is 11.3 Å². The minimum Gasteiger partial charge on any atom is -1.00 e. The number of thiophene rings is 1. The fraction of sp³-hybridized carbons (Fsp3) is 0.182. The summed E-state index contributed by atoms with van der Waals surface area (Å²) < 4.78 is 11.2. The van der Waals surface area contributed by atoms with E-state index >= 15 is 0 Å². The first-order valence-corrected chi connectivity index (χ1v) is 5.61. The van der Waals surface area contributed by atoms with Crippen LogP contribution in [0.3, 0.4) is 0 Å². The summed E-state index contributed by atoms with van der Waals surface area (Å²) in [5.41, 5.74) is 1.61. The fourth-order valence-corrected chi connectivity index (χ4v) is 2.50. The third-order valence-corrected chi connectivity index (χ3v) is 3.44. The Balaban J connectivity index is 0.00000162. The van der Waals surface area contributed by atoms with Crippen molar-refractivity contribution in [3.8, 4) is 11.5 Å². The van der Waals surface area contributed by atoms with E-state index < -0.39 is 5.91 Å². The minimum atomic E-state index is -0.524. The molecule has 0 fully saturated rings. The number of amides is 1. The van der Waals surface area contributed by atoms with Crippen LogP contribution in [-0.4, -0.2) is 25.3 Å². The summed E-state index contributed by atoms with van der Waals surface area (Å²) in [7, 11) is 3.11. The van der Waals surface area contributed by atoms with E-state index in [0.717, 1.165) is 10.1 Å². The molecule has 0 aliphatic carbocycles. The summed E-state index contributed by atoms with van der Waals surface area (Å²) in [6.07, 6.45) is 0. The van der Waals surface area contributed by atoms with Crippen LogP contribution in [0.1, 0.15) is 11.1 Å². The van der Waals surface area contributed by atoms with Crippen LogP contribution in [0.2, 0.25) is 0 Å². The van der Waals surface area contributed by atoms with Crippen molar-refractivity contribution in [2.75, 3.05) is 14.2 Å². The molecule has 18 heavy (non-hydrogen) atoms. The summed E-state index contributed by atoms with van der Waals surface area (Å²) in [4.78, 5) is 11.7. The number of nitrogens with one attached hydrogen (secondary N) is 1. The molecule has 0 bridgehead atoms. The molecule has 0 saturated carbocycles. The van der Waals surface area contributed by atoms with Gasteiger partial charge in [0.1, 0.15) is 0 Å². The molecule has 2 aromatic rings. The molecule has 1 aromatic heterocycles. The molecule has 0 unspecified atom stereocenters. The average molecular weight is 277 g/mol. The van der Waals surface area contributed by atoms with E-state index in [-0.39, 0.29) is 31.0 Å². The van der Waals surface area contributed by atoms with Crippen LogP contribution in [0.15, 0.2) is 18.2 Å². The summed E-state index contributed by atoms with van der Waals surface area (Å²) in [6, 6.07) is 5.28. The molecule has 5 nitrogen and oxygen atoms in total. The Labute approximate surface area is 131 Å². The number of methoxy groups -OCH3 is 2. The van der Waals surface area contributed by atoms with Gasteiger partial charge >= 0.3 is 29.6 Å². The molecular weight excluding hydrogens is 265 g/mol. The maximum atomic E-state index is 11.3. The van der Waals surface area contributed by atoms with E-state index in [1.165, 1.54) is 11.3 Å². The third-order valence-electron chi connectivity index (χ3n) is 2.35. The van der Waals surface area contributed by atoms with Crippen molar-refractivity contribution in [3.63, 3.8) is 0 Å². The van der Waals surface area contributed by atoms with Crippen LogP contribution in [0.5, 0.6) is 11.5 Å². The summed E-state index contributed by atoms with van der Waals surface area (Å²) in [5, 5.41) is 9.44. The van der Waals surface area contributed by atoms with Crippen molar-refractivity contribution >= 4 is 27.3 Å². The fourth-order valence-electron chi connectivity index (χ4n) is 1.53. The normalized spacial score (nSPS) is 9.72. The van der Waals surface area contributed by atoms with Gasteiger partial charge in [-0.05, 0) is 17.5 Å². The number of benzene rings is 1. The van der Waals surface area contributed by atoms with Gasteiger partial charge in [0.05, 0.1) is 19.1 Å². The standard InChI is InChI=1S/C11H11NO4S.Na.H/c1-15-7-3-6-4-10(11(13)12-14)17-9(6)5-8(7)16-2;;/h3-5,14H,1-2H3,(H,12,13);;/q;+1;-1. The van der Waals surface area contributed by atoms with E-state index in [1.807, 2.05) is 0 Å². The van der Waals surface area contributed by atoms with E-state index in [0.29, 0.717) is 16.4 Å². The number of hydroxylamine groups is 1. The van der Waals surface area contributed by atoms with Gasteiger partial charge in [-0.3, -0.25) is 10.0 Å². The van der Waals surface area contributed by atoms with Crippen LogP contribution in [0.25, 0.3) is 10.1 Å². The molecule has 92 valence electrons. The third kappa shape index (κ3) is 2.78. The maximum Gasteiger partial charge on any atom is 1.00 e. The number of hydrogen-bond donors (Lipinski definition) is 2. The molecule has 7 heteroatoms. The van der Waals surface area contributed by atoms with E-state index in [9.17, 15) is 4.79 Å². The van der Waals surface area contributed by atoms with Gasteiger partial charge in [-0.2, -0.15) is 0 Å². The van der Waals surface area contributed by atoms with Crippen molar-refractivity contribution in [2.45, 2.75) is 0 Å². The second kappa shape index (κ2) is 6.40. The van der Waals surface area contributed by atoms with E-state index in [4.69, 9.17) is 14.7 Å². The zero-order valence-electron chi connectivity index (χ0n) is 11.3. The molecule has 2 N–H and O–H groups in total. The van der Waals surface area contributed by atoms with Crippen LogP contribution < -0.4 is 44.5 Å². The summed E-state index contributed by atoms with van der Waals surface area (Å²) >= 11 is 1.27. The molecule has 1 amide bonds. The molecule has 0 aliphatic rings. The van der Waals surface area contributed by atoms with Gasteiger partial charge < -0.3 is 10.9 Å². The SMILES string of the molecule is COc1cc2cc(C(=O)NO)sc2cc1OC.[H-].[Na+]. The zero-order chi connectivity index (χ0) is 12.4. The molecule has 2 rings (SSSR count). The second-order valence-corrected chi connectivity index (χ2v) is 4.38. The largest absolute Gasteiger partial charge is 1.00 e. The number of hydrogen-bond acceptors (Lipinski definition) is 5. The van der Waals surface area contributed by atoms with Gasteiger partial charge in [0.25, 0.3) is 5.91 Å². The summed E-state index contributed by atoms with van der Waals surface area (Å²) in [5.74, 6) is 0.690. The van der Waals surface area contributed by atoms with Crippen LogP contribution in [0.4, 0.5) is 0 Å². The molecule has 1 aromatic carbocycles. The molecule has 1 heterocycles. The number of fused-ring (bicyclic) bond motifs is 1. The average Bonchev–Trinajstić information content (AvgIpc) is 2.78. The first-order valence-electron chi connectivity index (χ1n) is 4.79. The Bertz CT molecular complexity index is 534. The number of rotatable bonds is 3. The zero-order valence-corrected chi connectivity index (χ0v) is 13.1. The van der Waals surface area contributed by atoms with Gasteiger partial charge in [0, 0.05) is 10.8 Å². The first kappa shape index (κ1) is 15.3. The number of ether oxygens (including phenoxy) is 2. The van der Waals surface area contributed by atoms with Gasteiger partial charge in [0.2, 0.25) is 0 Å². The second-order valence-electron chi connectivity index (χ2n) is 3.30. The van der Waals surface area contributed by atoms with Crippen LogP contribution >= 0.6 is 11.3 Å². The number of carbonyl (C=O) groups excluding carboxylic acids is 1. The predicted molar refractivity (Wildman–Crippen MR) is 65.3 cm³/mol. The van der Waals surface area contributed by atoms with Gasteiger partial charge in [0.15, 0.2) is 11.5 Å². The van der Waals surface area contributed by atoms with Crippen molar-refractivity contribution in [2.24, 2.45) is 0 Å². The topological polar surface area (TPSA) is 67.8 Å². The smallest absolute Gasteiger partial charge is 1.00 e. The van der Waals surface area contributed by atoms with Crippen LogP contribution in [-0.2, 0) is 0 Å².